The Morgan fingerprint density at radius 3 is 2.42 bits per heavy atom. The Morgan fingerprint density at radius 1 is 1.00 bits per heavy atom. The fourth-order valence-corrected chi connectivity index (χ4v) is 2.44. The van der Waals surface area contributed by atoms with Gasteiger partial charge in [0.05, 0.1) is 5.56 Å². The number of amides is 2. The Balaban J connectivity index is 1.79. The largest absolute Gasteiger partial charge is 0.416 e. The van der Waals surface area contributed by atoms with Crippen LogP contribution in [0.2, 0.25) is 5.02 Å². The van der Waals surface area contributed by atoms with Gasteiger partial charge < -0.3 is 10.6 Å². The van der Waals surface area contributed by atoms with Crippen LogP contribution in [0.5, 0.6) is 0 Å². The van der Waals surface area contributed by atoms with E-state index in [1.807, 2.05) is 6.07 Å². The van der Waals surface area contributed by atoms with Crippen LogP contribution in [0.15, 0.2) is 48.5 Å². The first-order chi connectivity index (χ1) is 12.2. The Hall–Kier alpha value is -2.54. The molecule has 2 amide bonds. The summed E-state index contributed by atoms with van der Waals surface area (Å²) in [5.41, 5.74) is 0.0454. The van der Waals surface area contributed by atoms with Crippen molar-refractivity contribution in [2.24, 2.45) is 0 Å². The molecule has 138 valence electrons. The summed E-state index contributed by atoms with van der Waals surface area (Å²) in [7, 11) is 0. The lowest BCUT2D eigenvalue weighted by Gasteiger charge is -2.10. The van der Waals surface area contributed by atoms with Gasteiger partial charge in [-0.3, -0.25) is 9.59 Å². The number of alkyl halides is 3. The molecule has 0 saturated carbocycles. The number of benzene rings is 2. The number of halogens is 4. The summed E-state index contributed by atoms with van der Waals surface area (Å²) in [6.45, 7) is 0.315. The van der Waals surface area contributed by atoms with E-state index in [0.29, 0.717) is 18.0 Å². The van der Waals surface area contributed by atoms with E-state index >= 15 is 0 Å². The Labute approximate surface area is 153 Å². The SMILES string of the molecule is O=C(CC(=O)Nc1cccc(C(F)(F)F)c1)NCCc1cccc(Cl)c1. The van der Waals surface area contributed by atoms with E-state index < -0.39 is 30.0 Å². The summed E-state index contributed by atoms with van der Waals surface area (Å²) in [5, 5.41) is 5.46. The molecule has 0 aromatic heterocycles. The van der Waals surface area contributed by atoms with Gasteiger partial charge >= 0.3 is 6.18 Å². The van der Waals surface area contributed by atoms with Crippen molar-refractivity contribution in [3.05, 3.63) is 64.7 Å². The first-order valence-electron chi connectivity index (χ1n) is 7.72. The molecule has 4 nitrogen and oxygen atoms in total. The van der Waals surface area contributed by atoms with Crippen molar-refractivity contribution >= 4 is 29.1 Å². The minimum Gasteiger partial charge on any atom is -0.355 e. The molecule has 0 aliphatic rings. The van der Waals surface area contributed by atoms with E-state index in [9.17, 15) is 22.8 Å². The fraction of sp³-hybridized carbons (Fsp3) is 0.222. The van der Waals surface area contributed by atoms with Crippen LogP contribution in [0.1, 0.15) is 17.5 Å². The zero-order valence-electron chi connectivity index (χ0n) is 13.6. The van der Waals surface area contributed by atoms with E-state index in [0.717, 1.165) is 17.7 Å². The molecule has 26 heavy (non-hydrogen) atoms. The van der Waals surface area contributed by atoms with E-state index in [1.165, 1.54) is 12.1 Å². The first-order valence-corrected chi connectivity index (χ1v) is 8.10. The predicted molar refractivity (Wildman–Crippen MR) is 92.9 cm³/mol. The fourth-order valence-electron chi connectivity index (χ4n) is 2.23. The van der Waals surface area contributed by atoms with Crippen LogP contribution in [0, 0.1) is 0 Å². The highest BCUT2D eigenvalue weighted by Crippen LogP contribution is 2.30. The summed E-state index contributed by atoms with van der Waals surface area (Å²) in [6.07, 6.45) is -4.44. The molecule has 0 saturated heterocycles. The van der Waals surface area contributed by atoms with Crippen LogP contribution in [0.3, 0.4) is 0 Å². The highest BCUT2D eigenvalue weighted by Gasteiger charge is 2.30. The summed E-state index contributed by atoms with van der Waals surface area (Å²) in [5.74, 6) is -1.21. The molecule has 0 fully saturated rings. The Bertz CT molecular complexity index is 794. The molecule has 0 aliphatic carbocycles. The number of hydrogen-bond acceptors (Lipinski definition) is 2. The maximum absolute atomic E-state index is 12.6. The second kappa shape index (κ2) is 8.71. The van der Waals surface area contributed by atoms with Crippen molar-refractivity contribution in [3.8, 4) is 0 Å². The van der Waals surface area contributed by atoms with Gasteiger partial charge in [0.25, 0.3) is 0 Å². The Morgan fingerprint density at radius 2 is 1.73 bits per heavy atom. The average Bonchev–Trinajstić information content (AvgIpc) is 2.54. The molecule has 2 aromatic rings. The molecular weight excluding hydrogens is 369 g/mol. The third-order valence-corrected chi connectivity index (χ3v) is 3.65. The molecule has 2 aromatic carbocycles. The smallest absolute Gasteiger partial charge is 0.355 e. The van der Waals surface area contributed by atoms with Gasteiger partial charge in [-0.1, -0.05) is 29.8 Å². The zero-order chi connectivity index (χ0) is 19.2. The van der Waals surface area contributed by atoms with Gasteiger partial charge in [0, 0.05) is 17.3 Å². The molecule has 0 radical (unpaired) electrons. The summed E-state index contributed by atoms with van der Waals surface area (Å²) >= 11 is 5.86. The number of nitrogens with one attached hydrogen (secondary N) is 2. The van der Waals surface area contributed by atoms with Crippen molar-refractivity contribution < 1.29 is 22.8 Å². The van der Waals surface area contributed by atoms with Crippen LogP contribution in [0.4, 0.5) is 18.9 Å². The average molecular weight is 385 g/mol. The van der Waals surface area contributed by atoms with Crippen molar-refractivity contribution in [3.63, 3.8) is 0 Å². The van der Waals surface area contributed by atoms with Crippen molar-refractivity contribution in [2.45, 2.75) is 19.0 Å². The van der Waals surface area contributed by atoms with Crippen LogP contribution in [-0.2, 0) is 22.2 Å². The lowest BCUT2D eigenvalue weighted by atomic mass is 10.1. The first kappa shape index (κ1) is 19.8. The van der Waals surface area contributed by atoms with Crippen molar-refractivity contribution in [1.82, 2.24) is 5.32 Å². The number of rotatable bonds is 6. The molecule has 8 heteroatoms. The number of anilines is 1. The second-order valence-corrected chi connectivity index (χ2v) is 5.97. The van der Waals surface area contributed by atoms with Gasteiger partial charge in [0.15, 0.2) is 0 Å². The normalized spacial score (nSPS) is 11.1. The van der Waals surface area contributed by atoms with Gasteiger partial charge in [-0.15, -0.1) is 0 Å². The summed E-state index contributed by atoms with van der Waals surface area (Å²) in [4.78, 5) is 23.5. The van der Waals surface area contributed by atoms with Crippen LogP contribution in [-0.4, -0.2) is 18.4 Å². The highest BCUT2D eigenvalue weighted by molar-refractivity contribution is 6.30. The number of carbonyl (C=O) groups excluding carboxylic acids is 2. The summed E-state index contributed by atoms with van der Waals surface area (Å²) < 4.78 is 37.9. The molecule has 0 heterocycles. The molecule has 0 aliphatic heterocycles. The topological polar surface area (TPSA) is 58.2 Å². The molecule has 0 unspecified atom stereocenters. The maximum atomic E-state index is 12.6. The minimum atomic E-state index is -4.50. The quantitative estimate of drug-likeness (QED) is 0.738. The van der Waals surface area contributed by atoms with E-state index in [2.05, 4.69) is 10.6 Å². The van der Waals surface area contributed by atoms with Gasteiger partial charge in [0.1, 0.15) is 6.42 Å². The van der Waals surface area contributed by atoms with Gasteiger partial charge in [-0.2, -0.15) is 13.2 Å². The van der Waals surface area contributed by atoms with E-state index in [4.69, 9.17) is 11.6 Å². The standard InChI is InChI=1S/C18H16ClF3N2O2/c19-14-5-1-3-12(9-14)7-8-23-16(25)11-17(26)24-15-6-2-4-13(10-15)18(20,21)22/h1-6,9-10H,7-8,11H2,(H,23,25)(H,24,26). The predicted octanol–water partition coefficient (Wildman–Crippen LogP) is 4.05. The van der Waals surface area contributed by atoms with Crippen molar-refractivity contribution in [1.29, 1.82) is 0 Å². The summed E-state index contributed by atoms with van der Waals surface area (Å²) in [6, 6.07) is 11.4. The minimum absolute atomic E-state index is 0.0171. The van der Waals surface area contributed by atoms with Crippen LogP contribution in [0.25, 0.3) is 0 Å². The molecule has 0 atom stereocenters. The lowest BCUT2D eigenvalue weighted by Crippen LogP contribution is -2.29. The molecular formula is C18H16ClF3N2O2. The van der Waals surface area contributed by atoms with Crippen LogP contribution < -0.4 is 10.6 Å². The van der Waals surface area contributed by atoms with Crippen LogP contribution >= 0.6 is 11.6 Å². The van der Waals surface area contributed by atoms with Gasteiger partial charge in [-0.25, -0.2) is 0 Å². The molecule has 2 N–H and O–H groups in total. The van der Waals surface area contributed by atoms with E-state index in [-0.39, 0.29) is 5.69 Å². The molecule has 0 spiro atoms. The second-order valence-electron chi connectivity index (χ2n) is 5.53. The molecule has 2 rings (SSSR count). The highest BCUT2D eigenvalue weighted by atomic mass is 35.5. The van der Waals surface area contributed by atoms with E-state index in [1.54, 1.807) is 18.2 Å². The third kappa shape index (κ3) is 6.40. The number of hydrogen-bond donors (Lipinski definition) is 2. The maximum Gasteiger partial charge on any atom is 0.416 e. The van der Waals surface area contributed by atoms with Gasteiger partial charge in [-0.05, 0) is 42.3 Å². The monoisotopic (exact) mass is 384 g/mol. The zero-order valence-corrected chi connectivity index (χ0v) is 14.3. The van der Waals surface area contributed by atoms with Gasteiger partial charge in [0.2, 0.25) is 11.8 Å². The third-order valence-electron chi connectivity index (χ3n) is 3.42. The number of carbonyl (C=O) groups is 2. The Kier molecular flexibility index (Phi) is 6.63. The van der Waals surface area contributed by atoms with Crippen molar-refractivity contribution in [2.75, 3.05) is 11.9 Å². The lowest BCUT2D eigenvalue weighted by molar-refractivity contribution is -0.137. The molecule has 0 bridgehead atoms.